The monoisotopic (exact) mass is 469 g/mol. The average molecular weight is 470 g/mol. The molecule has 0 radical (unpaired) electrons. The fourth-order valence-corrected chi connectivity index (χ4v) is 3.76. The number of hydrogen-bond donors (Lipinski definition) is 2. The number of carbonyl (C=O) groups is 2. The van der Waals surface area contributed by atoms with E-state index in [-0.39, 0.29) is 16.9 Å². The van der Waals surface area contributed by atoms with E-state index in [1.807, 2.05) is 11.8 Å². The number of benzene rings is 2. The number of piperidine rings is 1. The number of thiocarbonyl (C=S) groups is 1. The quantitative estimate of drug-likeness (QED) is 0.448. The minimum absolute atomic E-state index is 0.0154. The molecular formula is C25H31N3O4S. The summed E-state index contributed by atoms with van der Waals surface area (Å²) < 4.78 is 10.9. The molecule has 0 bridgehead atoms. The Balaban J connectivity index is 1.55. The molecule has 1 aliphatic rings. The maximum Gasteiger partial charge on any atom is 0.257 e. The van der Waals surface area contributed by atoms with Gasteiger partial charge in [0, 0.05) is 36.5 Å². The number of hydrogen-bond acceptors (Lipinski definition) is 5. The van der Waals surface area contributed by atoms with E-state index in [4.69, 9.17) is 21.7 Å². The lowest BCUT2D eigenvalue weighted by atomic mass is 9.98. The predicted octanol–water partition coefficient (Wildman–Crippen LogP) is 4.10. The van der Waals surface area contributed by atoms with Crippen molar-refractivity contribution in [1.29, 1.82) is 0 Å². The lowest BCUT2D eigenvalue weighted by Gasteiger charge is -2.30. The summed E-state index contributed by atoms with van der Waals surface area (Å²) >= 11 is 5.31. The van der Waals surface area contributed by atoms with Crippen LogP contribution in [-0.4, -0.2) is 54.7 Å². The van der Waals surface area contributed by atoms with Crippen molar-refractivity contribution in [2.24, 2.45) is 5.92 Å². The second-order valence-corrected chi connectivity index (χ2v) is 8.45. The largest absolute Gasteiger partial charge is 0.491 e. The Morgan fingerprint density at radius 2 is 1.79 bits per heavy atom. The van der Waals surface area contributed by atoms with Crippen LogP contribution in [-0.2, 0) is 4.74 Å². The Labute approximate surface area is 200 Å². The minimum Gasteiger partial charge on any atom is -0.491 e. The number of likely N-dealkylation sites (tertiary alicyclic amines) is 1. The van der Waals surface area contributed by atoms with E-state index >= 15 is 0 Å². The van der Waals surface area contributed by atoms with Gasteiger partial charge in [-0.05, 0) is 74.3 Å². The maximum absolute atomic E-state index is 12.8. The molecule has 2 aromatic rings. The van der Waals surface area contributed by atoms with Gasteiger partial charge in [0.05, 0.1) is 6.61 Å². The summed E-state index contributed by atoms with van der Waals surface area (Å²) in [6.45, 7) is 7.22. The van der Waals surface area contributed by atoms with Crippen molar-refractivity contribution in [3.05, 3.63) is 59.7 Å². The summed E-state index contributed by atoms with van der Waals surface area (Å²) in [4.78, 5) is 27.3. The number of amides is 2. The Hall–Kier alpha value is -2.97. The van der Waals surface area contributed by atoms with Gasteiger partial charge in [0.1, 0.15) is 12.4 Å². The van der Waals surface area contributed by atoms with Crippen molar-refractivity contribution in [2.45, 2.75) is 26.7 Å². The third-order valence-corrected chi connectivity index (χ3v) is 5.67. The molecule has 2 amide bonds. The highest BCUT2D eigenvalue weighted by Crippen LogP contribution is 2.20. The van der Waals surface area contributed by atoms with Crippen LogP contribution in [0.2, 0.25) is 0 Å². The van der Waals surface area contributed by atoms with E-state index in [0.29, 0.717) is 48.3 Å². The first kappa shape index (κ1) is 24.7. The first-order valence-corrected chi connectivity index (χ1v) is 11.7. The van der Waals surface area contributed by atoms with Crippen LogP contribution in [0.1, 0.15) is 47.4 Å². The minimum atomic E-state index is -0.350. The molecule has 1 fully saturated rings. The van der Waals surface area contributed by atoms with E-state index < -0.39 is 0 Å². The van der Waals surface area contributed by atoms with E-state index in [1.165, 1.54) is 0 Å². The number of carbonyl (C=O) groups excluding carboxylic acids is 2. The molecule has 1 aliphatic heterocycles. The molecule has 2 aromatic carbocycles. The summed E-state index contributed by atoms with van der Waals surface area (Å²) in [5.74, 6) is 0.906. The SMILES string of the molecule is CCOCCOc1cccc(C(=O)NC(=S)Nc2cccc(C(=O)N3CCC(C)CC3)c2)c1. The van der Waals surface area contributed by atoms with Gasteiger partial charge in [0.25, 0.3) is 11.8 Å². The fraction of sp³-hybridized carbons (Fsp3) is 0.400. The molecule has 3 rings (SSSR count). The third-order valence-electron chi connectivity index (χ3n) is 5.46. The van der Waals surface area contributed by atoms with Crippen molar-refractivity contribution in [3.8, 4) is 5.75 Å². The van der Waals surface area contributed by atoms with Crippen molar-refractivity contribution in [2.75, 3.05) is 38.2 Å². The van der Waals surface area contributed by atoms with Gasteiger partial charge in [-0.2, -0.15) is 0 Å². The smallest absolute Gasteiger partial charge is 0.257 e. The van der Waals surface area contributed by atoms with Gasteiger partial charge in [-0.1, -0.05) is 19.1 Å². The van der Waals surface area contributed by atoms with Crippen LogP contribution in [0.5, 0.6) is 5.75 Å². The predicted molar refractivity (Wildman–Crippen MR) is 133 cm³/mol. The number of anilines is 1. The maximum atomic E-state index is 12.8. The molecule has 0 aliphatic carbocycles. The summed E-state index contributed by atoms with van der Waals surface area (Å²) in [5.41, 5.74) is 1.67. The van der Waals surface area contributed by atoms with E-state index in [9.17, 15) is 9.59 Å². The van der Waals surface area contributed by atoms with Crippen LogP contribution in [0.25, 0.3) is 0 Å². The van der Waals surface area contributed by atoms with Gasteiger partial charge in [-0.3, -0.25) is 14.9 Å². The summed E-state index contributed by atoms with van der Waals surface area (Å²) in [7, 11) is 0. The molecule has 0 aromatic heterocycles. The van der Waals surface area contributed by atoms with Gasteiger partial charge < -0.3 is 19.7 Å². The molecule has 1 heterocycles. The molecule has 176 valence electrons. The number of ether oxygens (including phenoxy) is 2. The van der Waals surface area contributed by atoms with Crippen molar-refractivity contribution >= 4 is 34.8 Å². The molecular weight excluding hydrogens is 438 g/mol. The van der Waals surface area contributed by atoms with E-state index in [0.717, 1.165) is 25.9 Å². The van der Waals surface area contributed by atoms with Crippen LogP contribution < -0.4 is 15.4 Å². The first-order valence-electron chi connectivity index (χ1n) is 11.3. The second kappa shape index (κ2) is 12.3. The zero-order valence-corrected chi connectivity index (χ0v) is 20.0. The fourth-order valence-electron chi connectivity index (χ4n) is 3.55. The molecule has 0 spiro atoms. The van der Waals surface area contributed by atoms with Gasteiger partial charge >= 0.3 is 0 Å². The highest BCUT2D eigenvalue weighted by atomic mass is 32.1. The van der Waals surface area contributed by atoms with Gasteiger partial charge in [-0.15, -0.1) is 0 Å². The molecule has 0 atom stereocenters. The molecule has 1 saturated heterocycles. The molecule has 33 heavy (non-hydrogen) atoms. The molecule has 2 N–H and O–H groups in total. The van der Waals surface area contributed by atoms with Crippen molar-refractivity contribution < 1.29 is 19.1 Å². The first-order chi connectivity index (χ1) is 16.0. The van der Waals surface area contributed by atoms with E-state index in [2.05, 4.69) is 17.6 Å². The normalized spacial score (nSPS) is 13.9. The lowest BCUT2D eigenvalue weighted by molar-refractivity contribution is 0.0697. The third kappa shape index (κ3) is 7.54. The molecule has 0 unspecified atom stereocenters. The van der Waals surface area contributed by atoms with Crippen molar-refractivity contribution in [1.82, 2.24) is 10.2 Å². The summed E-state index contributed by atoms with van der Waals surface area (Å²) in [6, 6.07) is 14.0. The van der Waals surface area contributed by atoms with Crippen LogP contribution in [0.4, 0.5) is 5.69 Å². The van der Waals surface area contributed by atoms with Crippen LogP contribution >= 0.6 is 12.2 Å². The Morgan fingerprint density at radius 3 is 2.55 bits per heavy atom. The van der Waals surface area contributed by atoms with E-state index in [1.54, 1.807) is 48.5 Å². The average Bonchev–Trinajstić information content (AvgIpc) is 2.82. The summed E-state index contributed by atoms with van der Waals surface area (Å²) in [5, 5.41) is 5.81. The zero-order valence-electron chi connectivity index (χ0n) is 19.1. The Kier molecular flexibility index (Phi) is 9.21. The lowest BCUT2D eigenvalue weighted by Crippen LogP contribution is -2.38. The number of rotatable bonds is 8. The second-order valence-electron chi connectivity index (χ2n) is 8.04. The summed E-state index contributed by atoms with van der Waals surface area (Å²) in [6.07, 6.45) is 2.05. The highest BCUT2D eigenvalue weighted by Gasteiger charge is 2.21. The Morgan fingerprint density at radius 1 is 1.06 bits per heavy atom. The standard InChI is InChI=1S/C25H31N3O4S/c1-3-31-14-15-32-22-9-5-6-19(17-22)23(29)27-25(33)26-21-8-4-7-20(16-21)24(30)28-12-10-18(2)11-13-28/h4-9,16-18H,3,10-15H2,1-2H3,(H2,26,27,29,33). The highest BCUT2D eigenvalue weighted by molar-refractivity contribution is 7.80. The van der Waals surface area contributed by atoms with Crippen LogP contribution in [0.3, 0.4) is 0 Å². The Bertz CT molecular complexity index is 974. The van der Waals surface area contributed by atoms with Crippen LogP contribution in [0.15, 0.2) is 48.5 Å². The molecule has 7 nitrogen and oxygen atoms in total. The van der Waals surface area contributed by atoms with Crippen molar-refractivity contribution in [3.63, 3.8) is 0 Å². The number of nitrogens with zero attached hydrogens (tertiary/aromatic N) is 1. The topological polar surface area (TPSA) is 79.9 Å². The molecule has 8 heteroatoms. The van der Waals surface area contributed by atoms with Gasteiger partial charge in [-0.25, -0.2) is 0 Å². The van der Waals surface area contributed by atoms with Gasteiger partial charge in [0.2, 0.25) is 0 Å². The van der Waals surface area contributed by atoms with Crippen LogP contribution in [0, 0.1) is 5.92 Å². The number of nitrogens with one attached hydrogen (secondary N) is 2. The van der Waals surface area contributed by atoms with Gasteiger partial charge in [0.15, 0.2) is 5.11 Å². The zero-order chi connectivity index (χ0) is 23.6. The molecule has 0 saturated carbocycles.